The van der Waals surface area contributed by atoms with Crippen LogP contribution >= 0.6 is 11.6 Å². The Bertz CT molecular complexity index is 958. The van der Waals surface area contributed by atoms with Crippen LogP contribution in [0.4, 0.5) is 5.82 Å². The summed E-state index contributed by atoms with van der Waals surface area (Å²) < 4.78 is 0. The van der Waals surface area contributed by atoms with Crippen molar-refractivity contribution in [3.05, 3.63) is 11.6 Å². The Morgan fingerprint density at radius 2 is 2.10 bits per heavy atom. The molecule has 1 N–H and O–H groups in total. The molecular weight excluding hydrogens is 388 g/mol. The lowest BCUT2D eigenvalue weighted by Gasteiger charge is -2.40. The highest BCUT2D eigenvalue weighted by atomic mass is 35.5. The van der Waals surface area contributed by atoms with Crippen molar-refractivity contribution in [2.24, 2.45) is 16.7 Å². The molecule has 0 unspecified atom stereocenters. The maximum absolute atomic E-state index is 13.6. The fourth-order valence-electron chi connectivity index (χ4n) is 6.34. The zero-order chi connectivity index (χ0) is 20.4. The standard InChI is InChI=1S/C21H29ClN6O/c1-20(2)7-14-8-21(3,10-20)11-28(14)18(29)13-5-4-6-27(9-13)17-15-16(24-12-23-15)25-19(22)26-17/h12-14H,4-11H2,1-3H3,(H,23,24,25,26)/t13-,14-,21+/m0/s1. The molecule has 3 aliphatic rings. The number of aromatic nitrogens is 4. The van der Waals surface area contributed by atoms with Crippen LogP contribution < -0.4 is 4.90 Å². The van der Waals surface area contributed by atoms with E-state index in [1.807, 2.05) is 0 Å². The van der Waals surface area contributed by atoms with Crippen molar-refractivity contribution < 1.29 is 4.79 Å². The lowest BCUT2D eigenvalue weighted by atomic mass is 9.65. The minimum atomic E-state index is 0.00141. The second-order valence-electron chi connectivity index (χ2n) is 10.4. The van der Waals surface area contributed by atoms with Crippen LogP contribution in [0, 0.1) is 16.7 Å². The first-order chi connectivity index (χ1) is 13.7. The number of nitrogens with one attached hydrogen (secondary N) is 1. The number of anilines is 1. The molecule has 8 heteroatoms. The smallest absolute Gasteiger partial charge is 0.227 e. The molecule has 0 aromatic carbocycles. The van der Waals surface area contributed by atoms with E-state index >= 15 is 0 Å². The van der Waals surface area contributed by atoms with E-state index in [0.717, 1.165) is 50.1 Å². The van der Waals surface area contributed by atoms with Crippen LogP contribution in [0.1, 0.15) is 52.9 Å². The molecule has 29 heavy (non-hydrogen) atoms. The van der Waals surface area contributed by atoms with Crippen molar-refractivity contribution >= 4 is 34.5 Å². The summed E-state index contributed by atoms with van der Waals surface area (Å²) in [6, 6.07) is 0.388. The van der Waals surface area contributed by atoms with Crippen molar-refractivity contribution in [2.45, 2.75) is 58.9 Å². The number of amides is 1. The molecule has 3 fully saturated rings. The first-order valence-electron chi connectivity index (χ1n) is 10.7. The Morgan fingerprint density at radius 3 is 2.93 bits per heavy atom. The van der Waals surface area contributed by atoms with Gasteiger partial charge in [0.05, 0.1) is 12.2 Å². The van der Waals surface area contributed by atoms with Crippen LogP contribution in [0.2, 0.25) is 5.28 Å². The monoisotopic (exact) mass is 416 g/mol. The molecule has 5 rings (SSSR count). The van der Waals surface area contributed by atoms with Gasteiger partial charge in [-0.25, -0.2) is 4.98 Å². The van der Waals surface area contributed by atoms with Crippen molar-refractivity contribution in [3.8, 4) is 0 Å². The molecule has 2 bridgehead atoms. The fourth-order valence-corrected chi connectivity index (χ4v) is 6.50. The quantitative estimate of drug-likeness (QED) is 0.756. The van der Waals surface area contributed by atoms with Gasteiger partial charge in [0.2, 0.25) is 11.2 Å². The molecule has 2 saturated heterocycles. The first-order valence-corrected chi connectivity index (χ1v) is 11.0. The van der Waals surface area contributed by atoms with Crippen LogP contribution in [-0.2, 0) is 4.79 Å². The Labute approximate surface area is 176 Å². The molecule has 1 amide bonds. The minimum absolute atomic E-state index is 0.00141. The number of aromatic amines is 1. The SMILES string of the molecule is CC1(C)C[C@H]2C[C@@](C)(CN2C(=O)[C@H]2CCCN(c3nc(Cl)nc4nc[nH]c34)C2)C1. The van der Waals surface area contributed by atoms with E-state index in [1.54, 1.807) is 6.33 Å². The Hall–Kier alpha value is -1.89. The zero-order valence-electron chi connectivity index (χ0n) is 17.4. The van der Waals surface area contributed by atoms with E-state index in [0.29, 0.717) is 29.6 Å². The third-order valence-electron chi connectivity index (χ3n) is 7.01. The molecule has 1 aliphatic carbocycles. The third kappa shape index (κ3) is 3.37. The minimum Gasteiger partial charge on any atom is -0.354 e. The maximum atomic E-state index is 13.6. The predicted octanol–water partition coefficient (Wildman–Crippen LogP) is 3.65. The number of hydrogen-bond donors (Lipinski definition) is 1. The average molecular weight is 417 g/mol. The molecule has 2 aromatic rings. The third-order valence-corrected chi connectivity index (χ3v) is 7.18. The van der Waals surface area contributed by atoms with Gasteiger partial charge in [0, 0.05) is 25.7 Å². The molecular formula is C21H29ClN6O. The number of carbonyl (C=O) groups is 1. The highest BCUT2D eigenvalue weighted by Crippen LogP contribution is 2.52. The van der Waals surface area contributed by atoms with Gasteiger partial charge in [-0.3, -0.25) is 4.79 Å². The maximum Gasteiger partial charge on any atom is 0.227 e. The molecule has 0 spiro atoms. The number of H-pyrrole nitrogens is 1. The van der Waals surface area contributed by atoms with Gasteiger partial charge in [0.15, 0.2) is 11.5 Å². The van der Waals surface area contributed by atoms with E-state index in [1.165, 1.54) is 6.42 Å². The number of likely N-dealkylation sites (tertiary alicyclic amines) is 1. The van der Waals surface area contributed by atoms with E-state index in [4.69, 9.17) is 11.6 Å². The fraction of sp³-hybridized carbons (Fsp3) is 0.714. The lowest BCUT2D eigenvalue weighted by Crippen LogP contribution is -2.47. The molecule has 1 saturated carbocycles. The number of carbonyl (C=O) groups excluding carboxylic acids is 1. The van der Waals surface area contributed by atoms with E-state index < -0.39 is 0 Å². The van der Waals surface area contributed by atoms with Gasteiger partial charge in [-0.15, -0.1) is 0 Å². The zero-order valence-corrected chi connectivity index (χ0v) is 18.2. The molecule has 4 heterocycles. The molecule has 0 radical (unpaired) electrons. The number of halogens is 1. The largest absolute Gasteiger partial charge is 0.354 e. The Morgan fingerprint density at radius 1 is 1.28 bits per heavy atom. The number of rotatable bonds is 2. The van der Waals surface area contributed by atoms with E-state index in [9.17, 15) is 4.79 Å². The van der Waals surface area contributed by atoms with Crippen molar-refractivity contribution in [1.82, 2.24) is 24.8 Å². The van der Waals surface area contributed by atoms with Gasteiger partial charge >= 0.3 is 0 Å². The van der Waals surface area contributed by atoms with Gasteiger partial charge in [-0.1, -0.05) is 20.8 Å². The summed E-state index contributed by atoms with van der Waals surface area (Å²) in [5.74, 6) is 1.08. The van der Waals surface area contributed by atoms with Gasteiger partial charge < -0.3 is 14.8 Å². The average Bonchev–Trinajstić information content (AvgIpc) is 3.21. The van der Waals surface area contributed by atoms with Crippen LogP contribution in [0.5, 0.6) is 0 Å². The number of fused-ring (bicyclic) bond motifs is 3. The molecule has 2 aromatic heterocycles. The summed E-state index contributed by atoms with van der Waals surface area (Å²) in [5.41, 5.74) is 1.93. The van der Waals surface area contributed by atoms with Crippen LogP contribution in [-0.4, -0.2) is 56.4 Å². The van der Waals surface area contributed by atoms with Crippen LogP contribution in [0.25, 0.3) is 11.2 Å². The summed E-state index contributed by atoms with van der Waals surface area (Å²) in [6.07, 6.45) is 6.97. The molecule has 7 nitrogen and oxygen atoms in total. The van der Waals surface area contributed by atoms with Gasteiger partial charge in [-0.2, -0.15) is 9.97 Å². The van der Waals surface area contributed by atoms with Gasteiger partial charge in [0.25, 0.3) is 0 Å². The number of hydrogen-bond acceptors (Lipinski definition) is 5. The summed E-state index contributed by atoms with van der Waals surface area (Å²) >= 11 is 6.13. The first kappa shape index (κ1) is 19.1. The van der Waals surface area contributed by atoms with Crippen LogP contribution in [0.3, 0.4) is 0 Å². The van der Waals surface area contributed by atoms with Crippen LogP contribution in [0.15, 0.2) is 6.33 Å². The predicted molar refractivity (Wildman–Crippen MR) is 113 cm³/mol. The van der Waals surface area contributed by atoms with Gasteiger partial charge in [0.1, 0.15) is 5.52 Å². The summed E-state index contributed by atoms with van der Waals surface area (Å²) in [5, 5.41) is 0.191. The van der Waals surface area contributed by atoms with Crippen molar-refractivity contribution in [3.63, 3.8) is 0 Å². The number of piperidine rings is 1. The molecule has 156 valence electrons. The Kier molecular flexibility index (Phi) is 4.32. The second kappa shape index (κ2) is 6.56. The summed E-state index contributed by atoms with van der Waals surface area (Å²) in [4.78, 5) is 33.9. The highest BCUT2D eigenvalue weighted by molar-refractivity contribution is 6.28. The summed E-state index contributed by atoms with van der Waals surface area (Å²) in [7, 11) is 0. The lowest BCUT2D eigenvalue weighted by molar-refractivity contribution is -0.137. The number of imidazole rings is 1. The number of nitrogens with zero attached hydrogens (tertiary/aromatic N) is 5. The van der Waals surface area contributed by atoms with Crippen molar-refractivity contribution in [2.75, 3.05) is 24.5 Å². The summed E-state index contributed by atoms with van der Waals surface area (Å²) in [6.45, 7) is 9.49. The molecule has 3 atom stereocenters. The van der Waals surface area contributed by atoms with Gasteiger partial charge in [-0.05, 0) is 54.5 Å². The second-order valence-corrected chi connectivity index (χ2v) is 10.7. The highest BCUT2D eigenvalue weighted by Gasteiger charge is 2.51. The van der Waals surface area contributed by atoms with Crippen molar-refractivity contribution in [1.29, 1.82) is 0 Å². The molecule has 2 aliphatic heterocycles. The van der Waals surface area contributed by atoms with E-state index in [2.05, 4.69) is 50.5 Å². The van der Waals surface area contributed by atoms with E-state index in [-0.39, 0.29) is 16.6 Å². The normalized spacial score (nSPS) is 31.4. The topological polar surface area (TPSA) is 78.0 Å². The Balaban J connectivity index is 1.37.